The summed E-state index contributed by atoms with van der Waals surface area (Å²) >= 11 is 3.41. The minimum atomic E-state index is -0.0684. The van der Waals surface area contributed by atoms with Crippen molar-refractivity contribution in [3.05, 3.63) is 34.4 Å². The van der Waals surface area contributed by atoms with E-state index in [2.05, 4.69) is 20.9 Å². The molecule has 1 N–H and O–H groups in total. The van der Waals surface area contributed by atoms with Gasteiger partial charge in [0, 0.05) is 21.1 Å². The fourth-order valence-corrected chi connectivity index (χ4v) is 1.82. The fourth-order valence-electron chi connectivity index (χ4n) is 1.44. The summed E-state index contributed by atoms with van der Waals surface area (Å²) in [5, 5.41) is 1.13. The summed E-state index contributed by atoms with van der Waals surface area (Å²) in [5.41, 5.74) is 2.03. The summed E-state index contributed by atoms with van der Waals surface area (Å²) in [6.07, 6.45) is 0.944. The smallest absolute Gasteiger partial charge is 0.128 e. The van der Waals surface area contributed by atoms with Crippen LogP contribution in [0.15, 0.2) is 28.7 Å². The molecule has 0 aliphatic carbocycles. The minimum Gasteiger partial charge on any atom is -0.358 e. The molecule has 0 bridgehead atoms. The molecule has 0 radical (unpaired) electrons. The second kappa shape index (κ2) is 3.58. The van der Waals surface area contributed by atoms with E-state index in [0.29, 0.717) is 0 Å². The van der Waals surface area contributed by atoms with Gasteiger partial charge < -0.3 is 9.78 Å². The number of rotatable bonds is 2. The highest BCUT2D eigenvalue weighted by Gasteiger charge is 2.07. The summed E-state index contributed by atoms with van der Waals surface area (Å²) in [4.78, 5) is 13.8. The minimum absolute atomic E-state index is 0.0684. The number of carbonyl (C=O) groups excluding carboxylic acids is 1. The van der Waals surface area contributed by atoms with Crippen LogP contribution in [0, 0.1) is 0 Å². The lowest BCUT2D eigenvalue weighted by molar-refractivity contribution is -0.108. The molecule has 3 heteroatoms. The molecule has 0 saturated carbocycles. The zero-order valence-electron chi connectivity index (χ0n) is 7.75. The number of aldehydes is 1. The zero-order chi connectivity index (χ0) is 10.1. The van der Waals surface area contributed by atoms with Crippen molar-refractivity contribution in [2.24, 2.45) is 0 Å². The van der Waals surface area contributed by atoms with Gasteiger partial charge in [0.25, 0.3) is 0 Å². The van der Waals surface area contributed by atoms with Crippen LogP contribution in [0.25, 0.3) is 10.9 Å². The maximum absolute atomic E-state index is 10.6. The molecular formula is C11H10BrNO. The fraction of sp³-hybridized carbons (Fsp3) is 0.182. The van der Waals surface area contributed by atoms with Gasteiger partial charge in [0.15, 0.2) is 0 Å². The Morgan fingerprint density at radius 2 is 2.21 bits per heavy atom. The first kappa shape index (κ1) is 9.46. The van der Waals surface area contributed by atoms with E-state index in [1.165, 1.54) is 0 Å². The van der Waals surface area contributed by atoms with E-state index in [1.807, 2.05) is 31.2 Å². The van der Waals surface area contributed by atoms with Crippen LogP contribution >= 0.6 is 15.9 Å². The van der Waals surface area contributed by atoms with Crippen molar-refractivity contribution in [3.63, 3.8) is 0 Å². The van der Waals surface area contributed by atoms with Crippen molar-refractivity contribution in [2.45, 2.75) is 12.8 Å². The molecule has 2 nitrogen and oxygen atoms in total. The van der Waals surface area contributed by atoms with E-state index < -0.39 is 0 Å². The van der Waals surface area contributed by atoms with Gasteiger partial charge in [0.2, 0.25) is 0 Å². The van der Waals surface area contributed by atoms with E-state index in [1.54, 1.807) is 0 Å². The van der Waals surface area contributed by atoms with Gasteiger partial charge in [-0.3, -0.25) is 0 Å². The van der Waals surface area contributed by atoms with Crippen molar-refractivity contribution in [3.8, 4) is 0 Å². The molecule has 0 aliphatic rings. The van der Waals surface area contributed by atoms with Crippen molar-refractivity contribution in [1.82, 2.24) is 4.98 Å². The van der Waals surface area contributed by atoms with Crippen LogP contribution in [0.5, 0.6) is 0 Å². The summed E-state index contributed by atoms with van der Waals surface area (Å²) in [6, 6.07) is 8.03. The lowest BCUT2D eigenvalue weighted by atomic mass is 10.1. The van der Waals surface area contributed by atoms with Gasteiger partial charge >= 0.3 is 0 Å². The van der Waals surface area contributed by atoms with E-state index in [9.17, 15) is 4.79 Å². The molecule has 72 valence electrons. The predicted molar refractivity (Wildman–Crippen MR) is 60.5 cm³/mol. The van der Waals surface area contributed by atoms with Gasteiger partial charge in [-0.25, -0.2) is 0 Å². The second-order valence-corrected chi connectivity index (χ2v) is 4.30. The number of fused-ring (bicyclic) bond motifs is 1. The molecule has 2 rings (SSSR count). The topological polar surface area (TPSA) is 32.9 Å². The third kappa shape index (κ3) is 1.60. The Bertz CT molecular complexity index is 475. The van der Waals surface area contributed by atoms with Crippen LogP contribution < -0.4 is 0 Å². The number of nitrogens with one attached hydrogen (secondary N) is 1. The first-order valence-corrected chi connectivity index (χ1v) is 5.23. The molecule has 1 aromatic carbocycles. The van der Waals surface area contributed by atoms with E-state index in [-0.39, 0.29) is 5.92 Å². The third-order valence-electron chi connectivity index (χ3n) is 2.30. The Labute approximate surface area is 90.4 Å². The van der Waals surface area contributed by atoms with Crippen LogP contribution in [0.1, 0.15) is 18.5 Å². The number of carbonyl (C=O) groups is 1. The summed E-state index contributed by atoms with van der Waals surface area (Å²) < 4.78 is 1.05. The van der Waals surface area contributed by atoms with Crippen LogP contribution in [0.3, 0.4) is 0 Å². The van der Waals surface area contributed by atoms with Crippen LogP contribution in [0.2, 0.25) is 0 Å². The highest BCUT2D eigenvalue weighted by Crippen LogP contribution is 2.23. The standard InChI is InChI=1S/C11H10BrNO/c1-7(6-14)11-5-8-4-9(12)2-3-10(8)13-11/h2-7,13H,1H3. The number of hydrogen-bond donors (Lipinski definition) is 1. The normalized spacial score (nSPS) is 13.0. The van der Waals surface area contributed by atoms with E-state index in [0.717, 1.165) is 27.4 Å². The Hall–Kier alpha value is -1.09. The molecule has 14 heavy (non-hydrogen) atoms. The Morgan fingerprint density at radius 1 is 1.43 bits per heavy atom. The second-order valence-electron chi connectivity index (χ2n) is 3.38. The highest BCUT2D eigenvalue weighted by atomic mass is 79.9. The number of aromatic nitrogens is 1. The molecule has 1 heterocycles. The van der Waals surface area contributed by atoms with Crippen molar-refractivity contribution >= 4 is 33.1 Å². The number of halogens is 1. The Balaban J connectivity index is 2.56. The predicted octanol–water partition coefficient (Wildman–Crippen LogP) is 3.23. The molecule has 0 saturated heterocycles. The molecule has 2 aromatic rings. The van der Waals surface area contributed by atoms with Gasteiger partial charge in [-0.15, -0.1) is 0 Å². The first-order valence-electron chi connectivity index (χ1n) is 4.44. The molecule has 1 unspecified atom stereocenters. The number of H-pyrrole nitrogens is 1. The molecule has 0 aliphatic heterocycles. The maximum Gasteiger partial charge on any atom is 0.128 e. The Morgan fingerprint density at radius 3 is 2.93 bits per heavy atom. The summed E-state index contributed by atoms with van der Waals surface area (Å²) in [7, 11) is 0. The maximum atomic E-state index is 10.6. The molecule has 0 spiro atoms. The SMILES string of the molecule is CC(C=O)c1cc2cc(Br)ccc2[nH]1. The van der Waals surface area contributed by atoms with Gasteiger partial charge in [-0.2, -0.15) is 0 Å². The van der Waals surface area contributed by atoms with Crippen molar-refractivity contribution in [2.75, 3.05) is 0 Å². The molecule has 1 aromatic heterocycles. The molecule has 1 atom stereocenters. The highest BCUT2D eigenvalue weighted by molar-refractivity contribution is 9.10. The van der Waals surface area contributed by atoms with Crippen LogP contribution in [0.4, 0.5) is 0 Å². The number of benzene rings is 1. The largest absolute Gasteiger partial charge is 0.358 e. The molecule has 0 amide bonds. The van der Waals surface area contributed by atoms with Gasteiger partial charge in [-0.05, 0) is 24.3 Å². The lowest BCUT2D eigenvalue weighted by Crippen LogP contribution is -1.93. The molecule has 0 fully saturated rings. The van der Waals surface area contributed by atoms with Crippen molar-refractivity contribution in [1.29, 1.82) is 0 Å². The van der Waals surface area contributed by atoms with E-state index in [4.69, 9.17) is 0 Å². The number of aromatic amines is 1. The monoisotopic (exact) mass is 251 g/mol. The Kier molecular flexibility index (Phi) is 2.42. The van der Waals surface area contributed by atoms with Crippen LogP contribution in [-0.4, -0.2) is 11.3 Å². The van der Waals surface area contributed by atoms with Gasteiger partial charge in [0.05, 0.1) is 5.92 Å². The van der Waals surface area contributed by atoms with Crippen LogP contribution in [-0.2, 0) is 4.79 Å². The van der Waals surface area contributed by atoms with E-state index >= 15 is 0 Å². The summed E-state index contributed by atoms with van der Waals surface area (Å²) in [6.45, 7) is 1.88. The van der Waals surface area contributed by atoms with Gasteiger partial charge in [-0.1, -0.05) is 22.9 Å². The third-order valence-corrected chi connectivity index (χ3v) is 2.79. The van der Waals surface area contributed by atoms with Crippen molar-refractivity contribution < 1.29 is 4.79 Å². The quantitative estimate of drug-likeness (QED) is 0.817. The summed E-state index contributed by atoms with van der Waals surface area (Å²) in [5.74, 6) is -0.0684. The lowest BCUT2D eigenvalue weighted by Gasteiger charge is -1.96. The first-order chi connectivity index (χ1) is 6.70. The zero-order valence-corrected chi connectivity index (χ0v) is 9.34. The average molecular weight is 252 g/mol. The number of hydrogen-bond acceptors (Lipinski definition) is 1. The average Bonchev–Trinajstić information content (AvgIpc) is 2.59. The molecular weight excluding hydrogens is 242 g/mol. The van der Waals surface area contributed by atoms with Gasteiger partial charge in [0.1, 0.15) is 6.29 Å².